The largest absolute Gasteiger partial charge is 0.507 e. The first-order valence-electron chi connectivity index (χ1n) is 8.50. The number of aliphatic hydroxyl groups excluding tert-OH is 2. The van der Waals surface area contributed by atoms with Crippen molar-refractivity contribution < 1.29 is 34.4 Å². The van der Waals surface area contributed by atoms with E-state index in [-0.39, 0.29) is 24.2 Å². The molecule has 1 aromatic rings. The maximum Gasteiger partial charge on any atom is 0.342 e. The molecule has 3 N–H and O–H groups in total. The third kappa shape index (κ3) is 4.83. The lowest BCUT2D eigenvalue weighted by atomic mass is 9.99. The zero-order valence-corrected chi connectivity index (χ0v) is 14.8. The maximum absolute atomic E-state index is 12.5. The normalized spacial score (nSPS) is 26.4. The summed E-state index contributed by atoms with van der Waals surface area (Å²) < 4.78 is 10.5. The summed E-state index contributed by atoms with van der Waals surface area (Å²) >= 11 is 0. The van der Waals surface area contributed by atoms with Gasteiger partial charge in [-0.15, -0.1) is 0 Å². The van der Waals surface area contributed by atoms with Gasteiger partial charge in [0, 0.05) is 12.5 Å². The van der Waals surface area contributed by atoms with Crippen LogP contribution in [-0.2, 0) is 9.53 Å². The Morgan fingerprint density at radius 2 is 1.96 bits per heavy atom. The van der Waals surface area contributed by atoms with Crippen LogP contribution in [0, 0.1) is 0 Å². The number of esters is 1. The number of carbonyl (C=O) groups is 2. The van der Waals surface area contributed by atoms with Crippen LogP contribution in [-0.4, -0.2) is 52.5 Å². The number of hydrogen-bond donors (Lipinski definition) is 3. The second-order valence-electron chi connectivity index (χ2n) is 6.34. The molecule has 1 heterocycles. The van der Waals surface area contributed by atoms with Crippen molar-refractivity contribution in [3.05, 3.63) is 29.3 Å². The first-order chi connectivity index (χ1) is 12.3. The summed E-state index contributed by atoms with van der Waals surface area (Å²) in [6.45, 7) is 1.69. The van der Waals surface area contributed by atoms with E-state index in [1.807, 2.05) is 0 Å². The van der Waals surface area contributed by atoms with E-state index in [9.17, 15) is 24.9 Å². The number of ketones is 1. The monoisotopic (exact) mass is 364 g/mol. The highest BCUT2D eigenvalue weighted by atomic mass is 16.5. The molecule has 0 spiro atoms. The van der Waals surface area contributed by atoms with E-state index in [1.165, 1.54) is 25.3 Å². The minimum atomic E-state index is -1.46. The molecule has 3 atom stereocenters. The molecule has 1 aromatic carbocycles. The number of phenolic OH excluding ortho intramolecular Hbond substituents is 1. The second kappa shape index (κ2) is 8.82. The Labute approximate surface area is 151 Å². The quantitative estimate of drug-likeness (QED) is 0.652. The van der Waals surface area contributed by atoms with Gasteiger partial charge in [0.1, 0.15) is 23.2 Å². The third-order valence-electron chi connectivity index (χ3n) is 4.27. The molecule has 7 heteroatoms. The minimum Gasteiger partial charge on any atom is -0.507 e. The van der Waals surface area contributed by atoms with Gasteiger partial charge in [-0.2, -0.15) is 0 Å². The lowest BCUT2D eigenvalue weighted by Crippen LogP contribution is -2.33. The number of fused-ring (bicyclic) bond motifs is 1. The van der Waals surface area contributed by atoms with Crippen LogP contribution in [0.5, 0.6) is 11.5 Å². The van der Waals surface area contributed by atoms with Gasteiger partial charge < -0.3 is 24.8 Å². The van der Waals surface area contributed by atoms with Crippen molar-refractivity contribution >= 4 is 17.8 Å². The third-order valence-corrected chi connectivity index (χ3v) is 4.27. The number of aromatic hydroxyl groups is 1. The van der Waals surface area contributed by atoms with Crippen molar-refractivity contribution in [2.75, 3.05) is 7.11 Å². The van der Waals surface area contributed by atoms with E-state index in [1.54, 1.807) is 13.0 Å². The van der Waals surface area contributed by atoms with E-state index in [4.69, 9.17) is 9.47 Å². The molecule has 0 aromatic heterocycles. The summed E-state index contributed by atoms with van der Waals surface area (Å²) in [4.78, 5) is 24.4. The van der Waals surface area contributed by atoms with Crippen LogP contribution in [0.4, 0.5) is 0 Å². The summed E-state index contributed by atoms with van der Waals surface area (Å²) in [5, 5.41) is 30.1. The predicted molar refractivity (Wildman–Crippen MR) is 94.1 cm³/mol. The van der Waals surface area contributed by atoms with Crippen LogP contribution in [0.2, 0.25) is 0 Å². The Balaban J connectivity index is 2.41. The van der Waals surface area contributed by atoms with Gasteiger partial charge in [-0.05, 0) is 37.8 Å². The van der Waals surface area contributed by atoms with E-state index >= 15 is 0 Å². The summed E-state index contributed by atoms with van der Waals surface area (Å²) in [7, 11) is 1.43. The van der Waals surface area contributed by atoms with Crippen molar-refractivity contribution in [3.8, 4) is 11.5 Å². The lowest BCUT2D eigenvalue weighted by Gasteiger charge is -2.18. The van der Waals surface area contributed by atoms with Gasteiger partial charge in [-0.25, -0.2) is 4.79 Å². The fraction of sp³-hybridized carbons (Fsp3) is 0.474. The van der Waals surface area contributed by atoms with E-state index in [0.29, 0.717) is 24.2 Å². The number of benzene rings is 1. The van der Waals surface area contributed by atoms with Crippen molar-refractivity contribution in [2.24, 2.45) is 0 Å². The van der Waals surface area contributed by atoms with Crippen LogP contribution >= 0.6 is 0 Å². The number of methoxy groups -OCH3 is 1. The first-order valence-corrected chi connectivity index (χ1v) is 8.50. The zero-order chi connectivity index (χ0) is 19.3. The summed E-state index contributed by atoms with van der Waals surface area (Å²) in [5.41, 5.74) is 0.348. The lowest BCUT2D eigenvalue weighted by molar-refractivity contribution is -0.132. The average Bonchev–Trinajstić information content (AvgIpc) is 2.59. The molecule has 1 aliphatic rings. The molecule has 0 fully saturated rings. The van der Waals surface area contributed by atoms with Crippen LogP contribution in [0.1, 0.15) is 48.5 Å². The standard InChI is InChI=1S/C19H24O7/c1-11-5-3-7-14(20)18(23)15(21)8-4-6-12-9-13(25-2)10-16(22)17(12)19(24)26-11/h4,6,9-11,15,18,21-23H,3,5,7-8H2,1-2H3/b6-4+/t11-,15+,18+/m0/s1. The molecule has 0 radical (unpaired) electrons. The number of carbonyl (C=O) groups excluding carboxylic acids is 2. The van der Waals surface area contributed by atoms with Crippen LogP contribution in [0.3, 0.4) is 0 Å². The van der Waals surface area contributed by atoms with Gasteiger partial charge >= 0.3 is 5.97 Å². The van der Waals surface area contributed by atoms with E-state index in [0.717, 1.165) is 0 Å². The van der Waals surface area contributed by atoms with Crippen LogP contribution in [0.15, 0.2) is 18.2 Å². The molecule has 2 rings (SSSR count). The van der Waals surface area contributed by atoms with Gasteiger partial charge in [0.05, 0.1) is 19.3 Å². The molecule has 142 valence electrons. The molecule has 1 aliphatic heterocycles. The number of ether oxygens (including phenoxy) is 2. The summed E-state index contributed by atoms with van der Waals surface area (Å²) in [6, 6.07) is 2.87. The summed E-state index contributed by atoms with van der Waals surface area (Å²) in [5.74, 6) is -1.05. The van der Waals surface area contributed by atoms with Gasteiger partial charge in [0.25, 0.3) is 0 Å². The van der Waals surface area contributed by atoms with Crippen molar-refractivity contribution in [2.45, 2.75) is 50.9 Å². The molecule has 0 bridgehead atoms. The fourth-order valence-corrected chi connectivity index (χ4v) is 2.78. The highest BCUT2D eigenvalue weighted by Crippen LogP contribution is 2.30. The number of rotatable bonds is 1. The number of aliphatic hydroxyl groups is 2. The van der Waals surface area contributed by atoms with Crippen molar-refractivity contribution in [1.29, 1.82) is 0 Å². The van der Waals surface area contributed by atoms with E-state index in [2.05, 4.69) is 0 Å². The second-order valence-corrected chi connectivity index (χ2v) is 6.34. The zero-order valence-electron chi connectivity index (χ0n) is 14.8. The average molecular weight is 364 g/mol. The van der Waals surface area contributed by atoms with Gasteiger partial charge in [-0.1, -0.05) is 12.2 Å². The Morgan fingerprint density at radius 1 is 1.23 bits per heavy atom. The smallest absolute Gasteiger partial charge is 0.342 e. The predicted octanol–water partition coefficient (Wildman–Crippen LogP) is 1.82. The number of hydrogen-bond acceptors (Lipinski definition) is 7. The molecule has 7 nitrogen and oxygen atoms in total. The van der Waals surface area contributed by atoms with Gasteiger partial charge in [0.2, 0.25) is 0 Å². The minimum absolute atomic E-state index is 0.00271. The Hall–Kier alpha value is -2.38. The molecular formula is C19H24O7. The molecule has 0 aliphatic carbocycles. The fourth-order valence-electron chi connectivity index (χ4n) is 2.78. The Kier molecular flexibility index (Phi) is 6.76. The van der Waals surface area contributed by atoms with Gasteiger partial charge in [-0.3, -0.25) is 4.79 Å². The highest BCUT2D eigenvalue weighted by Gasteiger charge is 2.25. The van der Waals surface area contributed by atoms with Crippen molar-refractivity contribution in [3.63, 3.8) is 0 Å². The molecular weight excluding hydrogens is 340 g/mol. The Morgan fingerprint density at radius 3 is 2.65 bits per heavy atom. The van der Waals surface area contributed by atoms with Gasteiger partial charge in [0.15, 0.2) is 5.78 Å². The molecule has 26 heavy (non-hydrogen) atoms. The molecule has 0 amide bonds. The molecule has 0 unspecified atom stereocenters. The van der Waals surface area contributed by atoms with E-state index < -0.39 is 30.1 Å². The number of cyclic esters (lactones) is 1. The topological polar surface area (TPSA) is 113 Å². The molecule has 0 saturated carbocycles. The van der Waals surface area contributed by atoms with Crippen molar-refractivity contribution in [1.82, 2.24) is 0 Å². The van der Waals surface area contributed by atoms with Crippen LogP contribution < -0.4 is 4.74 Å². The summed E-state index contributed by atoms with van der Waals surface area (Å²) in [6.07, 6.45) is 0.776. The maximum atomic E-state index is 12.5. The number of Topliss-reactive ketones (excluding diaryl/α,β-unsaturated/α-hetero) is 1. The Bertz CT molecular complexity index is 695. The number of phenols is 1. The van der Waals surface area contributed by atoms with Crippen LogP contribution in [0.25, 0.3) is 6.08 Å². The highest BCUT2D eigenvalue weighted by molar-refractivity contribution is 5.97. The SMILES string of the molecule is COc1cc(O)c2c(c1)/C=C/C[C@@H](O)[C@H](O)C(=O)CCC[C@H](C)OC2=O. The molecule has 0 saturated heterocycles. The first kappa shape index (κ1) is 19.9.